The highest BCUT2D eigenvalue weighted by atomic mass is 35.5. The van der Waals surface area contributed by atoms with Crippen molar-refractivity contribution in [1.29, 1.82) is 0 Å². The molecule has 0 saturated carbocycles. The Morgan fingerprint density at radius 1 is 1.10 bits per heavy atom. The molecule has 0 bridgehead atoms. The summed E-state index contributed by atoms with van der Waals surface area (Å²) in [5.41, 5.74) is 3.90. The number of halogens is 1. The number of nitrogens with zero attached hydrogens (tertiary/aromatic N) is 3. The molecule has 0 N–H and O–H groups in total. The van der Waals surface area contributed by atoms with Gasteiger partial charge in [0.1, 0.15) is 5.92 Å². The van der Waals surface area contributed by atoms with Gasteiger partial charge in [0.15, 0.2) is 5.82 Å². The number of carbonyl (C=O) groups is 1. The number of allylic oxidation sites excluding steroid dienone is 2. The second kappa shape index (κ2) is 8.86. The average Bonchev–Trinajstić information content (AvgIpc) is 3.21. The Balaban J connectivity index is 1.81. The van der Waals surface area contributed by atoms with Gasteiger partial charge in [-0.25, -0.2) is 0 Å². The second-order valence-corrected chi connectivity index (χ2v) is 7.84. The third kappa shape index (κ3) is 4.16. The van der Waals surface area contributed by atoms with Crippen molar-refractivity contribution in [3.63, 3.8) is 0 Å². The molecule has 0 saturated heterocycles. The van der Waals surface area contributed by atoms with Gasteiger partial charge in [0, 0.05) is 34.3 Å². The largest absolute Gasteiger partial charge is 0.468 e. The van der Waals surface area contributed by atoms with Crippen molar-refractivity contribution in [2.24, 2.45) is 10.9 Å². The van der Waals surface area contributed by atoms with E-state index in [0.29, 0.717) is 40.1 Å². The van der Waals surface area contributed by atoms with E-state index in [1.54, 1.807) is 6.07 Å². The first kappa shape index (κ1) is 21.0. The van der Waals surface area contributed by atoms with Gasteiger partial charge in [-0.15, -0.1) is 0 Å². The molecule has 158 valence electrons. The molecule has 3 aromatic rings. The fraction of sp³-hybridized carbons (Fsp3) is 0.250. The minimum Gasteiger partial charge on any atom is -0.468 e. The number of esters is 1. The van der Waals surface area contributed by atoms with Crippen LogP contribution in [0.3, 0.4) is 0 Å². The molecular formula is C24H22ClN3O3. The fourth-order valence-electron chi connectivity index (χ4n) is 4.02. The van der Waals surface area contributed by atoms with Gasteiger partial charge in [0.05, 0.1) is 7.11 Å². The Kier molecular flexibility index (Phi) is 6.00. The number of hydrogen-bond acceptors (Lipinski definition) is 6. The van der Waals surface area contributed by atoms with Crippen molar-refractivity contribution in [1.82, 2.24) is 10.1 Å². The maximum Gasteiger partial charge on any atom is 0.315 e. The lowest BCUT2D eigenvalue weighted by atomic mass is 9.75. The highest BCUT2D eigenvalue weighted by Crippen LogP contribution is 2.45. The highest BCUT2D eigenvalue weighted by molar-refractivity contribution is 6.31. The van der Waals surface area contributed by atoms with Gasteiger partial charge in [-0.3, -0.25) is 9.79 Å². The van der Waals surface area contributed by atoms with E-state index < -0.39 is 11.8 Å². The van der Waals surface area contributed by atoms with E-state index in [1.165, 1.54) is 7.11 Å². The molecule has 2 atom stereocenters. The van der Waals surface area contributed by atoms with Crippen LogP contribution in [-0.4, -0.2) is 28.9 Å². The average molecular weight is 436 g/mol. The van der Waals surface area contributed by atoms with Gasteiger partial charge in [0.25, 0.3) is 5.89 Å². The molecule has 2 heterocycles. The zero-order valence-corrected chi connectivity index (χ0v) is 18.3. The van der Waals surface area contributed by atoms with Crippen molar-refractivity contribution in [2.45, 2.75) is 26.2 Å². The first-order valence-corrected chi connectivity index (χ1v) is 10.3. The summed E-state index contributed by atoms with van der Waals surface area (Å²) in [6.07, 6.45) is 0.538. The summed E-state index contributed by atoms with van der Waals surface area (Å²) in [4.78, 5) is 22.0. The third-order valence-corrected chi connectivity index (χ3v) is 5.77. The number of aromatic nitrogens is 2. The van der Waals surface area contributed by atoms with Gasteiger partial charge in [-0.05, 0) is 31.0 Å². The zero-order valence-electron chi connectivity index (χ0n) is 17.5. The second-order valence-electron chi connectivity index (χ2n) is 7.43. The van der Waals surface area contributed by atoms with Crippen LogP contribution in [0, 0.1) is 5.92 Å². The van der Waals surface area contributed by atoms with E-state index in [4.69, 9.17) is 20.9 Å². The molecule has 7 heteroatoms. The van der Waals surface area contributed by atoms with Crippen molar-refractivity contribution in [2.75, 3.05) is 7.11 Å². The zero-order chi connectivity index (χ0) is 22.0. The smallest absolute Gasteiger partial charge is 0.315 e. The van der Waals surface area contributed by atoms with Gasteiger partial charge < -0.3 is 9.26 Å². The number of aliphatic imine (C=N–C) groups is 1. The van der Waals surface area contributed by atoms with Crippen molar-refractivity contribution < 1.29 is 14.1 Å². The first-order chi connectivity index (χ1) is 15.0. The standard InChI is InChI=1S/C24H22ClN3O3/c1-14-20(23-27-19(28-31-23)13-16-9-5-4-6-10-16)22(17-11-7-8-12-18(17)25)21(15(2)26-14)24(29)30-3/h4-12,21-22H,13H2,1-3H3. The number of hydrogen-bond donors (Lipinski definition) is 0. The lowest BCUT2D eigenvalue weighted by Crippen LogP contribution is -2.33. The van der Waals surface area contributed by atoms with Gasteiger partial charge >= 0.3 is 5.97 Å². The Bertz CT molecular complexity index is 1170. The lowest BCUT2D eigenvalue weighted by molar-refractivity contribution is -0.143. The predicted molar refractivity (Wildman–Crippen MR) is 119 cm³/mol. The molecule has 0 amide bonds. The van der Waals surface area contributed by atoms with Gasteiger partial charge in [-0.1, -0.05) is 65.3 Å². The summed E-state index contributed by atoms with van der Waals surface area (Å²) in [5.74, 6) is -0.601. The van der Waals surface area contributed by atoms with E-state index >= 15 is 0 Å². The van der Waals surface area contributed by atoms with Crippen molar-refractivity contribution in [3.05, 3.63) is 88.2 Å². The molecule has 1 aliphatic heterocycles. The van der Waals surface area contributed by atoms with E-state index in [0.717, 1.165) is 11.1 Å². The summed E-state index contributed by atoms with van der Waals surface area (Å²) < 4.78 is 10.8. The summed E-state index contributed by atoms with van der Waals surface area (Å²) in [6.45, 7) is 3.69. The third-order valence-electron chi connectivity index (χ3n) is 5.43. The summed E-state index contributed by atoms with van der Waals surface area (Å²) in [5, 5.41) is 4.71. The van der Waals surface area contributed by atoms with Crippen LogP contribution >= 0.6 is 11.6 Å². The fourth-order valence-corrected chi connectivity index (χ4v) is 4.28. The lowest BCUT2D eigenvalue weighted by Gasteiger charge is -2.31. The molecular weight excluding hydrogens is 414 g/mol. The van der Waals surface area contributed by atoms with Crippen LogP contribution in [0.25, 0.3) is 5.57 Å². The molecule has 2 unspecified atom stereocenters. The molecule has 1 aromatic heterocycles. The number of rotatable bonds is 5. The van der Waals surface area contributed by atoms with Crippen LogP contribution < -0.4 is 0 Å². The van der Waals surface area contributed by atoms with E-state index in [9.17, 15) is 4.79 Å². The Labute approximate surface area is 185 Å². The normalized spacial score (nSPS) is 18.6. The molecule has 6 nitrogen and oxygen atoms in total. The van der Waals surface area contributed by atoms with Gasteiger partial charge in [0.2, 0.25) is 0 Å². The molecule has 0 spiro atoms. The van der Waals surface area contributed by atoms with Crippen LogP contribution in [0.15, 0.2) is 69.8 Å². The van der Waals surface area contributed by atoms with Gasteiger partial charge in [-0.2, -0.15) is 4.98 Å². The van der Waals surface area contributed by atoms with Crippen LogP contribution in [0.1, 0.15) is 42.6 Å². The molecule has 0 fully saturated rings. The van der Waals surface area contributed by atoms with E-state index in [2.05, 4.69) is 15.1 Å². The minimum absolute atomic E-state index is 0.332. The monoisotopic (exact) mass is 435 g/mol. The maximum absolute atomic E-state index is 12.8. The Morgan fingerprint density at radius 2 is 1.81 bits per heavy atom. The summed E-state index contributed by atoms with van der Waals surface area (Å²) >= 11 is 6.55. The number of benzene rings is 2. The van der Waals surface area contributed by atoms with Crippen LogP contribution in [-0.2, 0) is 16.0 Å². The predicted octanol–water partition coefficient (Wildman–Crippen LogP) is 5.09. The number of methoxy groups -OCH3 is 1. The number of ether oxygens (including phenoxy) is 1. The first-order valence-electron chi connectivity index (χ1n) is 9.94. The molecule has 0 radical (unpaired) electrons. The van der Waals surface area contributed by atoms with Crippen molar-refractivity contribution in [3.8, 4) is 0 Å². The van der Waals surface area contributed by atoms with Crippen LogP contribution in [0.4, 0.5) is 0 Å². The number of carbonyl (C=O) groups excluding carboxylic acids is 1. The van der Waals surface area contributed by atoms with Crippen molar-refractivity contribution >= 4 is 28.9 Å². The highest BCUT2D eigenvalue weighted by Gasteiger charge is 2.42. The maximum atomic E-state index is 12.8. The topological polar surface area (TPSA) is 77.6 Å². The summed E-state index contributed by atoms with van der Waals surface area (Å²) in [6, 6.07) is 17.4. The molecule has 4 rings (SSSR count). The molecule has 31 heavy (non-hydrogen) atoms. The quantitative estimate of drug-likeness (QED) is 0.521. The Morgan fingerprint density at radius 3 is 2.52 bits per heavy atom. The summed E-state index contributed by atoms with van der Waals surface area (Å²) in [7, 11) is 1.37. The van der Waals surface area contributed by atoms with Crippen LogP contribution in [0.2, 0.25) is 5.02 Å². The minimum atomic E-state index is -0.645. The molecule has 1 aliphatic rings. The Hall–Kier alpha value is -3.25. The SMILES string of the molecule is COC(=O)C1C(C)=NC(C)=C(c2nc(Cc3ccccc3)no2)C1c1ccccc1Cl. The van der Waals surface area contributed by atoms with Crippen LogP contribution in [0.5, 0.6) is 0 Å². The van der Waals surface area contributed by atoms with E-state index in [-0.39, 0.29) is 5.97 Å². The van der Waals surface area contributed by atoms with E-state index in [1.807, 2.05) is 62.4 Å². The molecule has 0 aliphatic carbocycles. The molecule has 2 aromatic carbocycles.